The Bertz CT molecular complexity index is 1150. The van der Waals surface area contributed by atoms with Crippen molar-refractivity contribution < 1.29 is 28.5 Å². The Morgan fingerprint density at radius 3 is 2.38 bits per heavy atom. The van der Waals surface area contributed by atoms with Crippen LogP contribution in [0, 0.1) is 16.0 Å². The molecule has 0 aliphatic carbocycles. The monoisotopic (exact) mass is 470 g/mol. The van der Waals surface area contributed by atoms with Crippen molar-refractivity contribution in [2.24, 2.45) is 5.92 Å². The minimum absolute atomic E-state index is 0.0594. The normalized spacial score (nSPS) is 12.5. The molecule has 0 unspecified atom stereocenters. The van der Waals surface area contributed by atoms with Gasteiger partial charge in [0.25, 0.3) is 11.6 Å². The zero-order valence-electron chi connectivity index (χ0n) is 19.5. The van der Waals surface area contributed by atoms with Gasteiger partial charge in [0.1, 0.15) is 6.04 Å². The largest absolute Gasteiger partial charge is 0.493 e. The molecule has 2 atom stereocenters. The Morgan fingerprint density at radius 1 is 1.15 bits per heavy atom. The molecule has 1 amide bonds. The number of ether oxygens (including phenoxy) is 3. The fraction of sp³-hybridized carbons (Fsp3) is 0.348. The maximum absolute atomic E-state index is 12.9. The summed E-state index contributed by atoms with van der Waals surface area (Å²) in [5.74, 6) is 1.22. The summed E-state index contributed by atoms with van der Waals surface area (Å²) in [7, 11) is 4.52. The average Bonchev–Trinajstić information content (AvgIpc) is 3.35. The quantitative estimate of drug-likeness (QED) is 0.341. The Kier molecular flexibility index (Phi) is 7.67. The second kappa shape index (κ2) is 10.6. The van der Waals surface area contributed by atoms with E-state index in [1.165, 1.54) is 45.6 Å². The number of hydrogen-bond donors (Lipinski definition) is 1. The molecule has 1 aromatic heterocycles. The lowest BCUT2D eigenvalue weighted by Crippen LogP contribution is -2.32. The lowest BCUT2D eigenvalue weighted by molar-refractivity contribution is -0.384. The predicted octanol–water partition coefficient (Wildman–Crippen LogP) is 4.19. The first-order chi connectivity index (χ1) is 16.3. The fourth-order valence-corrected chi connectivity index (χ4v) is 3.36. The van der Waals surface area contributed by atoms with E-state index in [1.807, 2.05) is 13.8 Å². The van der Waals surface area contributed by atoms with Crippen molar-refractivity contribution >= 4 is 11.6 Å². The van der Waals surface area contributed by atoms with Gasteiger partial charge in [-0.2, -0.15) is 4.98 Å². The first kappa shape index (κ1) is 24.5. The van der Waals surface area contributed by atoms with Gasteiger partial charge >= 0.3 is 0 Å². The van der Waals surface area contributed by atoms with Gasteiger partial charge in [0.15, 0.2) is 11.5 Å². The standard InChI is InChI=1S/C23H26N4O7/c1-6-13(2)19(24-22(28)14-8-7-9-16(10-14)27(29)30)23-25-21(26-34-23)15-11-17(31-3)20(33-5)18(12-15)32-4/h7-13,19H,6H2,1-5H3,(H,24,28)/t13-,19-/m0/s1. The highest BCUT2D eigenvalue weighted by Gasteiger charge is 2.28. The number of nitro groups is 1. The van der Waals surface area contributed by atoms with Crippen molar-refractivity contribution in [3.63, 3.8) is 0 Å². The van der Waals surface area contributed by atoms with E-state index in [-0.39, 0.29) is 28.9 Å². The highest BCUT2D eigenvalue weighted by atomic mass is 16.6. The van der Waals surface area contributed by atoms with E-state index < -0.39 is 16.9 Å². The van der Waals surface area contributed by atoms with Gasteiger partial charge in [0.05, 0.1) is 26.3 Å². The summed E-state index contributed by atoms with van der Waals surface area (Å²) in [5.41, 5.74) is 0.555. The number of nitrogens with zero attached hydrogens (tertiary/aromatic N) is 3. The van der Waals surface area contributed by atoms with Crippen LogP contribution in [0.1, 0.15) is 42.6 Å². The molecule has 11 heteroatoms. The summed E-state index contributed by atoms with van der Waals surface area (Å²) >= 11 is 0. The molecule has 180 valence electrons. The Balaban J connectivity index is 1.93. The van der Waals surface area contributed by atoms with E-state index in [0.717, 1.165) is 0 Å². The van der Waals surface area contributed by atoms with E-state index in [4.69, 9.17) is 18.7 Å². The molecule has 3 aromatic rings. The van der Waals surface area contributed by atoms with E-state index in [1.54, 1.807) is 12.1 Å². The van der Waals surface area contributed by atoms with Crippen LogP contribution in [0.4, 0.5) is 5.69 Å². The number of carbonyl (C=O) groups is 1. The van der Waals surface area contributed by atoms with Crippen LogP contribution in [-0.4, -0.2) is 42.3 Å². The van der Waals surface area contributed by atoms with Gasteiger partial charge in [-0.3, -0.25) is 14.9 Å². The summed E-state index contributed by atoms with van der Waals surface area (Å²) in [6, 6.07) is 8.28. The molecule has 0 spiro atoms. The minimum Gasteiger partial charge on any atom is -0.493 e. The molecule has 0 saturated heterocycles. The second-order valence-electron chi connectivity index (χ2n) is 7.51. The van der Waals surface area contributed by atoms with Crippen molar-refractivity contribution in [1.82, 2.24) is 15.5 Å². The Morgan fingerprint density at radius 2 is 1.82 bits per heavy atom. The van der Waals surface area contributed by atoms with E-state index in [2.05, 4.69) is 15.5 Å². The van der Waals surface area contributed by atoms with Crippen LogP contribution in [0.5, 0.6) is 17.2 Å². The third-order valence-corrected chi connectivity index (χ3v) is 5.45. The van der Waals surface area contributed by atoms with Gasteiger partial charge in [0, 0.05) is 23.3 Å². The maximum atomic E-state index is 12.9. The molecule has 11 nitrogen and oxygen atoms in total. The molecule has 0 aliphatic heterocycles. The van der Waals surface area contributed by atoms with Crippen LogP contribution in [0.2, 0.25) is 0 Å². The summed E-state index contributed by atoms with van der Waals surface area (Å²) in [5, 5.41) is 18.0. The van der Waals surface area contributed by atoms with Crippen LogP contribution >= 0.6 is 0 Å². The molecule has 34 heavy (non-hydrogen) atoms. The lowest BCUT2D eigenvalue weighted by atomic mass is 9.98. The number of non-ortho nitro benzene ring substituents is 1. The van der Waals surface area contributed by atoms with Crippen LogP contribution in [-0.2, 0) is 0 Å². The van der Waals surface area contributed by atoms with Crippen molar-refractivity contribution in [2.45, 2.75) is 26.3 Å². The summed E-state index contributed by atoms with van der Waals surface area (Å²) < 4.78 is 21.6. The van der Waals surface area contributed by atoms with Crippen molar-refractivity contribution in [1.29, 1.82) is 0 Å². The minimum atomic E-state index is -0.611. The van der Waals surface area contributed by atoms with Gasteiger partial charge < -0.3 is 24.1 Å². The summed E-state index contributed by atoms with van der Waals surface area (Å²) in [6.07, 6.45) is 0.710. The van der Waals surface area contributed by atoms with E-state index in [0.29, 0.717) is 29.2 Å². The third kappa shape index (κ3) is 5.08. The molecule has 0 bridgehead atoms. The van der Waals surface area contributed by atoms with Gasteiger partial charge in [-0.15, -0.1) is 0 Å². The van der Waals surface area contributed by atoms with E-state index >= 15 is 0 Å². The van der Waals surface area contributed by atoms with Crippen LogP contribution in [0.3, 0.4) is 0 Å². The average molecular weight is 470 g/mol. The highest BCUT2D eigenvalue weighted by molar-refractivity contribution is 5.95. The molecule has 0 aliphatic rings. The zero-order chi connectivity index (χ0) is 24.8. The van der Waals surface area contributed by atoms with Gasteiger partial charge in [0.2, 0.25) is 17.5 Å². The molecule has 2 aromatic carbocycles. The molecule has 0 fully saturated rings. The van der Waals surface area contributed by atoms with Crippen molar-refractivity contribution in [3.8, 4) is 28.6 Å². The van der Waals surface area contributed by atoms with E-state index in [9.17, 15) is 14.9 Å². The van der Waals surface area contributed by atoms with Gasteiger partial charge in [-0.25, -0.2) is 0 Å². The van der Waals surface area contributed by atoms with Crippen LogP contribution in [0.25, 0.3) is 11.4 Å². The highest BCUT2D eigenvalue weighted by Crippen LogP contribution is 2.40. The second-order valence-corrected chi connectivity index (χ2v) is 7.51. The molecular weight excluding hydrogens is 444 g/mol. The molecule has 0 saturated carbocycles. The fourth-order valence-electron chi connectivity index (χ4n) is 3.36. The summed E-state index contributed by atoms with van der Waals surface area (Å²) in [4.78, 5) is 27.9. The predicted molar refractivity (Wildman–Crippen MR) is 122 cm³/mol. The topological polar surface area (TPSA) is 139 Å². The number of benzene rings is 2. The number of nitro benzene ring substituents is 1. The molecular formula is C23H26N4O7. The first-order valence-electron chi connectivity index (χ1n) is 10.5. The van der Waals surface area contributed by atoms with Gasteiger partial charge in [-0.05, 0) is 24.1 Å². The zero-order valence-corrected chi connectivity index (χ0v) is 19.5. The summed E-state index contributed by atoms with van der Waals surface area (Å²) in [6.45, 7) is 3.90. The Hall–Kier alpha value is -4.15. The number of methoxy groups -OCH3 is 3. The first-order valence-corrected chi connectivity index (χ1v) is 10.5. The van der Waals surface area contributed by atoms with Crippen LogP contribution < -0.4 is 19.5 Å². The number of hydrogen-bond acceptors (Lipinski definition) is 9. The molecule has 0 radical (unpaired) electrons. The number of carbonyl (C=O) groups excluding carboxylic acids is 1. The van der Waals surface area contributed by atoms with Crippen molar-refractivity contribution in [3.05, 3.63) is 58.0 Å². The molecule has 1 N–H and O–H groups in total. The third-order valence-electron chi connectivity index (χ3n) is 5.45. The number of nitrogens with one attached hydrogen (secondary N) is 1. The smallest absolute Gasteiger partial charge is 0.270 e. The number of aromatic nitrogens is 2. The van der Waals surface area contributed by atoms with Crippen molar-refractivity contribution in [2.75, 3.05) is 21.3 Å². The molecule has 3 rings (SSSR count). The van der Waals surface area contributed by atoms with Gasteiger partial charge in [-0.1, -0.05) is 31.5 Å². The number of amides is 1. The van der Waals surface area contributed by atoms with Crippen LogP contribution in [0.15, 0.2) is 40.9 Å². The Labute approximate surface area is 196 Å². The number of rotatable bonds is 10. The molecule has 1 heterocycles. The maximum Gasteiger partial charge on any atom is 0.270 e. The lowest BCUT2D eigenvalue weighted by Gasteiger charge is -2.20. The SMILES string of the molecule is CC[C@H](C)[C@H](NC(=O)c1cccc([N+](=O)[O-])c1)c1nc(-c2cc(OC)c(OC)c(OC)c2)no1.